The first-order valence-electron chi connectivity index (χ1n) is 11.6. The molecular weight excluding hydrogens is 456 g/mol. The van der Waals surface area contributed by atoms with Gasteiger partial charge >= 0.3 is 0 Å². The van der Waals surface area contributed by atoms with Crippen LogP contribution in [0, 0.1) is 12.8 Å². The first-order chi connectivity index (χ1) is 15.6. The molecule has 1 N–H and O–H groups in total. The third kappa shape index (κ3) is 5.82. The quantitative estimate of drug-likeness (QED) is 0.638. The normalized spacial score (nSPS) is 20.3. The Morgan fingerprint density at radius 1 is 1.21 bits per heavy atom. The molecule has 33 heavy (non-hydrogen) atoms. The Balaban J connectivity index is 1.35. The number of aryl methyl sites for hydroxylation is 1. The number of nitrogens with zero attached hydrogens (tertiary/aromatic N) is 3. The predicted molar refractivity (Wildman–Crippen MR) is 133 cm³/mol. The minimum absolute atomic E-state index is 0.0853. The van der Waals surface area contributed by atoms with E-state index in [0.29, 0.717) is 37.0 Å². The standard InChI is InChI=1S/C24H34N4O3S2/c1-16(2)23-22-20(14-28(23)13-18-7-5-17(3)6-8-18)32-24(26-22)25-21(29)15-27-11-9-19(10-12-27)33(4,30)31/h5-8,16,19,23H,9-15H2,1-4H3,(H,25,26,29)/t23-/m0/s1. The lowest BCUT2D eigenvalue weighted by Crippen LogP contribution is -2.42. The summed E-state index contributed by atoms with van der Waals surface area (Å²) in [5.74, 6) is 0.330. The van der Waals surface area contributed by atoms with Crippen LogP contribution < -0.4 is 5.32 Å². The minimum Gasteiger partial charge on any atom is -0.301 e. The van der Waals surface area contributed by atoms with Crippen LogP contribution in [-0.2, 0) is 27.7 Å². The second kappa shape index (κ2) is 9.82. The Labute approximate surface area is 201 Å². The molecule has 1 fully saturated rings. The molecule has 1 aromatic carbocycles. The zero-order valence-electron chi connectivity index (χ0n) is 19.9. The van der Waals surface area contributed by atoms with Crippen LogP contribution in [0.4, 0.5) is 5.13 Å². The summed E-state index contributed by atoms with van der Waals surface area (Å²) in [7, 11) is -3.00. The Morgan fingerprint density at radius 3 is 2.48 bits per heavy atom. The van der Waals surface area contributed by atoms with Gasteiger partial charge in [0, 0.05) is 24.2 Å². The van der Waals surface area contributed by atoms with Crippen molar-refractivity contribution in [1.29, 1.82) is 0 Å². The zero-order chi connectivity index (χ0) is 23.8. The van der Waals surface area contributed by atoms with Crippen molar-refractivity contribution in [1.82, 2.24) is 14.8 Å². The number of hydrogen-bond donors (Lipinski definition) is 1. The summed E-state index contributed by atoms with van der Waals surface area (Å²) in [4.78, 5) is 23.2. The topological polar surface area (TPSA) is 82.6 Å². The second-order valence-corrected chi connectivity index (χ2v) is 13.2. The number of likely N-dealkylation sites (tertiary alicyclic amines) is 1. The second-order valence-electron chi connectivity index (χ2n) is 9.76. The molecule has 0 saturated carbocycles. The van der Waals surface area contributed by atoms with Crippen molar-refractivity contribution in [2.24, 2.45) is 5.92 Å². The van der Waals surface area contributed by atoms with E-state index in [4.69, 9.17) is 4.98 Å². The summed E-state index contributed by atoms with van der Waals surface area (Å²) < 4.78 is 23.5. The van der Waals surface area contributed by atoms with Gasteiger partial charge < -0.3 is 5.32 Å². The molecular formula is C24H34N4O3S2. The van der Waals surface area contributed by atoms with Gasteiger partial charge in [-0.3, -0.25) is 14.6 Å². The van der Waals surface area contributed by atoms with Gasteiger partial charge in [-0.15, -0.1) is 11.3 Å². The van der Waals surface area contributed by atoms with E-state index in [9.17, 15) is 13.2 Å². The molecule has 1 atom stereocenters. The van der Waals surface area contributed by atoms with Crippen molar-refractivity contribution in [2.75, 3.05) is 31.2 Å². The van der Waals surface area contributed by atoms with Crippen LogP contribution in [0.25, 0.3) is 0 Å². The third-order valence-corrected chi connectivity index (χ3v) is 9.29. The lowest BCUT2D eigenvalue weighted by Gasteiger charge is -2.30. The van der Waals surface area contributed by atoms with Crippen LogP contribution in [0.2, 0.25) is 0 Å². The van der Waals surface area contributed by atoms with E-state index in [0.717, 1.165) is 18.8 Å². The molecule has 1 aromatic heterocycles. The number of fused-ring (bicyclic) bond motifs is 1. The fourth-order valence-corrected chi connectivity index (χ4v) is 7.00. The predicted octanol–water partition coefficient (Wildman–Crippen LogP) is 3.61. The fourth-order valence-electron chi connectivity index (χ4n) is 4.89. The van der Waals surface area contributed by atoms with E-state index in [2.05, 4.69) is 55.3 Å². The molecule has 2 aliphatic rings. The maximum absolute atomic E-state index is 12.6. The van der Waals surface area contributed by atoms with Crippen LogP contribution in [0.15, 0.2) is 24.3 Å². The Kier molecular flexibility index (Phi) is 7.23. The highest BCUT2D eigenvalue weighted by atomic mass is 32.2. The van der Waals surface area contributed by atoms with Crippen molar-refractivity contribution < 1.29 is 13.2 Å². The number of rotatable bonds is 7. The molecule has 7 nitrogen and oxygen atoms in total. The average Bonchev–Trinajstić information content (AvgIpc) is 3.25. The van der Waals surface area contributed by atoms with Gasteiger partial charge in [-0.1, -0.05) is 43.7 Å². The highest BCUT2D eigenvalue weighted by Gasteiger charge is 2.36. The molecule has 0 bridgehead atoms. The van der Waals surface area contributed by atoms with Gasteiger partial charge in [0.1, 0.15) is 9.84 Å². The summed E-state index contributed by atoms with van der Waals surface area (Å²) in [6.45, 7) is 9.81. The molecule has 3 heterocycles. The average molecular weight is 491 g/mol. The van der Waals surface area contributed by atoms with E-state index in [1.165, 1.54) is 22.3 Å². The number of carbonyl (C=O) groups is 1. The summed E-state index contributed by atoms with van der Waals surface area (Å²) >= 11 is 1.57. The summed E-state index contributed by atoms with van der Waals surface area (Å²) in [6, 6.07) is 8.93. The van der Waals surface area contributed by atoms with Crippen molar-refractivity contribution in [3.05, 3.63) is 46.0 Å². The van der Waals surface area contributed by atoms with Gasteiger partial charge in [-0.2, -0.15) is 0 Å². The number of thiazole rings is 1. The van der Waals surface area contributed by atoms with E-state index in [1.54, 1.807) is 11.3 Å². The molecule has 4 rings (SSSR count). The number of piperidine rings is 1. The molecule has 2 aliphatic heterocycles. The van der Waals surface area contributed by atoms with Crippen LogP contribution in [-0.4, -0.2) is 60.2 Å². The highest BCUT2D eigenvalue weighted by Crippen LogP contribution is 2.43. The monoisotopic (exact) mass is 490 g/mol. The minimum atomic E-state index is -3.00. The lowest BCUT2D eigenvalue weighted by atomic mass is 10.0. The SMILES string of the molecule is Cc1ccc(CN2Cc3sc(NC(=O)CN4CCC(S(C)(=O)=O)CC4)nc3[C@@H]2C(C)C)cc1. The first kappa shape index (κ1) is 24.3. The molecule has 0 unspecified atom stereocenters. The molecule has 180 valence electrons. The summed E-state index contributed by atoms with van der Waals surface area (Å²) in [5.41, 5.74) is 3.66. The third-order valence-electron chi connectivity index (χ3n) is 6.64. The largest absolute Gasteiger partial charge is 0.301 e. The van der Waals surface area contributed by atoms with Gasteiger partial charge in [-0.05, 0) is 44.3 Å². The Hall–Kier alpha value is -1.81. The lowest BCUT2D eigenvalue weighted by molar-refractivity contribution is -0.117. The van der Waals surface area contributed by atoms with Gasteiger partial charge in [0.15, 0.2) is 5.13 Å². The highest BCUT2D eigenvalue weighted by molar-refractivity contribution is 7.91. The molecule has 0 radical (unpaired) electrons. The zero-order valence-corrected chi connectivity index (χ0v) is 21.5. The first-order valence-corrected chi connectivity index (χ1v) is 14.4. The number of hydrogen-bond acceptors (Lipinski definition) is 7. The number of amides is 1. The van der Waals surface area contributed by atoms with E-state index in [1.807, 2.05) is 4.90 Å². The van der Waals surface area contributed by atoms with Gasteiger partial charge in [0.25, 0.3) is 0 Å². The van der Waals surface area contributed by atoms with Gasteiger partial charge in [0.2, 0.25) is 5.91 Å². The van der Waals surface area contributed by atoms with Crippen LogP contribution in [0.3, 0.4) is 0 Å². The number of anilines is 1. The van der Waals surface area contributed by atoms with Crippen molar-refractivity contribution >= 4 is 32.2 Å². The van der Waals surface area contributed by atoms with Crippen molar-refractivity contribution in [3.8, 4) is 0 Å². The molecule has 0 spiro atoms. The van der Waals surface area contributed by atoms with Gasteiger partial charge in [-0.25, -0.2) is 13.4 Å². The van der Waals surface area contributed by atoms with E-state index in [-0.39, 0.29) is 23.7 Å². The number of sulfone groups is 1. The maximum atomic E-state index is 12.6. The molecule has 2 aromatic rings. The van der Waals surface area contributed by atoms with Gasteiger partial charge in [0.05, 0.1) is 23.5 Å². The van der Waals surface area contributed by atoms with Crippen LogP contribution in [0.1, 0.15) is 54.4 Å². The van der Waals surface area contributed by atoms with E-state index < -0.39 is 9.84 Å². The maximum Gasteiger partial charge on any atom is 0.240 e. The molecule has 0 aliphatic carbocycles. The fraction of sp³-hybridized carbons (Fsp3) is 0.583. The smallest absolute Gasteiger partial charge is 0.240 e. The molecule has 9 heteroatoms. The Morgan fingerprint density at radius 2 is 1.88 bits per heavy atom. The van der Waals surface area contributed by atoms with Crippen molar-refractivity contribution in [2.45, 2.75) is 58.0 Å². The number of nitrogens with one attached hydrogen (secondary N) is 1. The number of carbonyl (C=O) groups excluding carboxylic acids is 1. The van der Waals surface area contributed by atoms with Crippen LogP contribution in [0.5, 0.6) is 0 Å². The number of aromatic nitrogens is 1. The molecule has 1 amide bonds. The van der Waals surface area contributed by atoms with E-state index >= 15 is 0 Å². The Bertz CT molecular complexity index is 1090. The molecule has 1 saturated heterocycles. The summed E-state index contributed by atoms with van der Waals surface area (Å²) in [5, 5.41) is 3.36. The van der Waals surface area contributed by atoms with Crippen molar-refractivity contribution in [3.63, 3.8) is 0 Å². The number of benzene rings is 1. The summed E-state index contributed by atoms with van der Waals surface area (Å²) in [6.07, 6.45) is 2.48. The van der Waals surface area contributed by atoms with Crippen LogP contribution >= 0.6 is 11.3 Å².